The van der Waals surface area contributed by atoms with E-state index in [-0.39, 0.29) is 11.9 Å². The molecule has 0 aliphatic rings. The van der Waals surface area contributed by atoms with Gasteiger partial charge in [0.25, 0.3) is 0 Å². The van der Waals surface area contributed by atoms with Crippen molar-refractivity contribution in [1.29, 1.82) is 0 Å². The summed E-state index contributed by atoms with van der Waals surface area (Å²) >= 11 is 1.25. The molecule has 132 valence electrons. The molecule has 3 aromatic rings. The Labute approximate surface area is 148 Å². The van der Waals surface area contributed by atoms with E-state index in [1.807, 2.05) is 13.8 Å². The fraction of sp³-hybridized carbons (Fsp3) is 0.375. The van der Waals surface area contributed by atoms with Crippen LogP contribution in [0.4, 0.5) is 11.8 Å². The Morgan fingerprint density at radius 3 is 2.88 bits per heavy atom. The number of fused-ring (bicyclic) bond motifs is 1. The molecular formula is C16H20N6O2S. The number of H-pyrrole nitrogens is 1. The van der Waals surface area contributed by atoms with E-state index in [0.29, 0.717) is 28.7 Å². The standard InChI is InChI=1S/C16H20N6O2S/c1-4-24-15(23)12-7-11-13(19-16(17)20-14(11)25-12)18-6-5-10-8(2)21-22-9(10)3/h7H,4-6H2,1-3H3,(H,21,22)(H3,17,18,19,20). The third kappa shape index (κ3) is 3.55. The monoisotopic (exact) mass is 360 g/mol. The maximum atomic E-state index is 11.9. The molecule has 3 aromatic heterocycles. The number of aromatic amines is 1. The summed E-state index contributed by atoms with van der Waals surface area (Å²) in [5.74, 6) is 0.427. The first-order valence-corrected chi connectivity index (χ1v) is 8.79. The molecule has 0 fully saturated rings. The normalized spacial score (nSPS) is 11.0. The number of aromatic nitrogens is 4. The highest BCUT2D eigenvalue weighted by Gasteiger charge is 2.16. The number of esters is 1. The maximum Gasteiger partial charge on any atom is 0.348 e. The smallest absolute Gasteiger partial charge is 0.348 e. The first-order valence-electron chi connectivity index (χ1n) is 7.98. The van der Waals surface area contributed by atoms with Gasteiger partial charge in [0.05, 0.1) is 17.7 Å². The summed E-state index contributed by atoms with van der Waals surface area (Å²) in [6, 6.07) is 1.74. The fourth-order valence-electron chi connectivity index (χ4n) is 2.62. The van der Waals surface area contributed by atoms with E-state index in [0.717, 1.165) is 23.2 Å². The van der Waals surface area contributed by atoms with Gasteiger partial charge < -0.3 is 15.8 Å². The topological polar surface area (TPSA) is 119 Å². The molecular weight excluding hydrogens is 340 g/mol. The van der Waals surface area contributed by atoms with E-state index in [4.69, 9.17) is 10.5 Å². The molecule has 0 aliphatic carbocycles. The number of nitrogens with two attached hydrogens (primary N) is 1. The number of nitrogen functional groups attached to an aromatic ring is 1. The van der Waals surface area contributed by atoms with E-state index in [9.17, 15) is 4.79 Å². The number of nitrogens with one attached hydrogen (secondary N) is 2. The minimum atomic E-state index is -0.361. The molecule has 0 aromatic carbocycles. The molecule has 0 saturated heterocycles. The van der Waals surface area contributed by atoms with Crippen LogP contribution in [0.2, 0.25) is 0 Å². The minimum Gasteiger partial charge on any atom is -0.462 e. The number of carbonyl (C=O) groups excluding carboxylic acids is 1. The second-order valence-electron chi connectivity index (χ2n) is 5.57. The maximum absolute atomic E-state index is 11.9. The van der Waals surface area contributed by atoms with Crippen molar-refractivity contribution in [3.05, 3.63) is 27.9 Å². The van der Waals surface area contributed by atoms with Crippen LogP contribution in [0.5, 0.6) is 0 Å². The van der Waals surface area contributed by atoms with Crippen molar-refractivity contribution < 1.29 is 9.53 Å². The highest BCUT2D eigenvalue weighted by molar-refractivity contribution is 7.20. The number of anilines is 2. The lowest BCUT2D eigenvalue weighted by Gasteiger charge is -2.07. The van der Waals surface area contributed by atoms with Gasteiger partial charge in [0.2, 0.25) is 5.95 Å². The lowest BCUT2D eigenvalue weighted by Crippen LogP contribution is -2.09. The average molecular weight is 360 g/mol. The molecule has 0 atom stereocenters. The molecule has 25 heavy (non-hydrogen) atoms. The van der Waals surface area contributed by atoms with Gasteiger partial charge in [-0.2, -0.15) is 10.1 Å². The lowest BCUT2D eigenvalue weighted by atomic mass is 10.1. The zero-order valence-electron chi connectivity index (χ0n) is 14.3. The summed E-state index contributed by atoms with van der Waals surface area (Å²) in [5.41, 5.74) is 9.03. The fourth-order valence-corrected chi connectivity index (χ4v) is 3.56. The van der Waals surface area contributed by atoms with E-state index < -0.39 is 0 Å². The number of thiophene rings is 1. The van der Waals surface area contributed by atoms with Crippen LogP contribution in [0, 0.1) is 13.8 Å². The van der Waals surface area contributed by atoms with E-state index in [1.165, 1.54) is 16.9 Å². The Balaban J connectivity index is 1.81. The van der Waals surface area contributed by atoms with Gasteiger partial charge in [-0.05, 0) is 38.8 Å². The van der Waals surface area contributed by atoms with Crippen molar-refractivity contribution in [3.8, 4) is 0 Å². The van der Waals surface area contributed by atoms with Crippen molar-refractivity contribution in [2.45, 2.75) is 27.2 Å². The Morgan fingerprint density at radius 1 is 1.40 bits per heavy atom. The van der Waals surface area contributed by atoms with Crippen LogP contribution in [-0.2, 0) is 11.2 Å². The predicted octanol–water partition coefficient (Wildman–Crippen LogP) is 2.44. The Bertz CT molecular complexity index is 897. The number of aryl methyl sites for hydroxylation is 2. The average Bonchev–Trinajstić information content (AvgIpc) is 3.13. The highest BCUT2D eigenvalue weighted by atomic mass is 32.1. The van der Waals surface area contributed by atoms with Gasteiger partial charge in [0.15, 0.2) is 0 Å². The van der Waals surface area contributed by atoms with E-state index in [1.54, 1.807) is 13.0 Å². The summed E-state index contributed by atoms with van der Waals surface area (Å²) < 4.78 is 5.05. The Morgan fingerprint density at radius 2 is 2.20 bits per heavy atom. The first-order chi connectivity index (χ1) is 12.0. The number of ether oxygens (including phenoxy) is 1. The second kappa shape index (κ2) is 7.06. The highest BCUT2D eigenvalue weighted by Crippen LogP contribution is 2.30. The summed E-state index contributed by atoms with van der Waals surface area (Å²) in [4.78, 5) is 21.6. The lowest BCUT2D eigenvalue weighted by molar-refractivity contribution is 0.0532. The van der Waals surface area contributed by atoms with Crippen LogP contribution in [-0.4, -0.2) is 39.3 Å². The molecule has 0 amide bonds. The van der Waals surface area contributed by atoms with Crippen LogP contribution in [0.25, 0.3) is 10.2 Å². The molecule has 0 aliphatic heterocycles. The summed E-state index contributed by atoms with van der Waals surface area (Å²) in [6.45, 7) is 6.74. The number of nitrogens with zero attached hydrogens (tertiary/aromatic N) is 3. The zero-order chi connectivity index (χ0) is 18.0. The largest absolute Gasteiger partial charge is 0.462 e. The third-order valence-corrected chi connectivity index (χ3v) is 4.84. The number of hydrogen-bond acceptors (Lipinski definition) is 8. The van der Waals surface area contributed by atoms with Gasteiger partial charge in [-0.25, -0.2) is 9.78 Å². The van der Waals surface area contributed by atoms with Gasteiger partial charge in [0.1, 0.15) is 15.5 Å². The van der Waals surface area contributed by atoms with Crippen LogP contribution >= 0.6 is 11.3 Å². The summed E-state index contributed by atoms with van der Waals surface area (Å²) in [6.07, 6.45) is 0.800. The van der Waals surface area contributed by atoms with E-state index in [2.05, 4.69) is 25.5 Å². The van der Waals surface area contributed by atoms with Crippen molar-refractivity contribution >= 4 is 39.3 Å². The number of carbonyl (C=O) groups is 1. The molecule has 0 saturated carbocycles. The van der Waals surface area contributed by atoms with Gasteiger partial charge in [-0.3, -0.25) is 5.10 Å². The van der Waals surface area contributed by atoms with Crippen molar-refractivity contribution in [1.82, 2.24) is 20.2 Å². The summed E-state index contributed by atoms with van der Waals surface area (Å²) in [7, 11) is 0. The van der Waals surface area contributed by atoms with Gasteiger partial charge >= 0.3 is 5.97 Å². The quantitative estimate of drug-likeness (QED) is 0.578. The van der Waals surface area contributed by atoms with E-state index >= 15 is 0 Å². The molecule has 0 bridgehead atoms. The van der Waals surface area contributed by atoms with Gasteiger partial charge in [-0.15, -0.1) is 11.3 Å². The first kappa shape index (κ1) is 17.2. The molecule has 0 radical (unpaired) electrons. The minimum absolute atomic E-state index is 0.169. The Hall–Kier alpha value is -2.68. The zero-order valence-corrected chi connectivity index (χ0v) is 15.2. The molecule has 0 unspecified atom stereocenters. The molecule has 3 heterocycles. The molecule has 4 N–H and O–H groups in total. The second-order valence-corrected chi connectivity index (χ2v) is 6.60. The van der Waals surface area contributed by atoms with Crippen LogP contribution in [0.3, 0.4) is 0 Å². The number of hydrogen-bond donors (Lipinski definition) is 3. The summed E-state index contributed by atoms with van der Waals surface area (Å²) in [5, 5.41) is 11.2. The SMILES string of the molecule is CCOC(=O)c1cc2c(NCCc3c(C)n[nH]c3C)nc(N)nc2s1. The van der Waals surface area contributed by atoms with Gasteiger partial charge in [0, 0.05) is 12.2 Å². The van der Waals surface area contributed by atoms with Crippen molar-refractivity contribution in [2.24, 2.45) is 0 Å². The van der Waals surface area contributed by atoms with Gasteiger partial charge in [-0.1, -0.05) is 0 Å². The third-order valence-electron chi connectivity index (χ3n) is 3.83. The molecule has 3 rings (SSSR count). The van der Waals surface area contributed by atoms with Crippen molar-refractivity contribution in [2.75, 3.05) is 24.2 Å². The number of rotatable bonds is 6. The molecule has 0 spiro atoms. The molecule has 9 heteroatoms. The van der Waals surface area contributed by atoms with Crippen LogP contribution < -0.4 is 11.1 Å². The van der Waals surface area contributed by atoms with Crippen molar-refractivity contribution in [3.63, 3.8) is 0 Å². The predicted molar refractivity (Wildman–Crippen MR) is 98.0 cm³/mol. The van der Waals surface area contributed by atoms with Crippen LogP contribution in [0.1, 0.15) is 33.5 Å². The molecule has 8 nitrogen and oxygen atoms in total. The van der Waals surface area contributed by atoms with Crippen LogP contribution in [0.15, 0.2) is 6.07 Å². The Kier molecular flexibility index (Phi) is 4.84.